The van der Waals surface area contributed by atoms with E-state index in [-0.39, 0.29) is 62.3 Å². The van der Waals surface area contributed by atoms with Crippen molar-refractivity contribution in [2.75, 3.05) is 6.79 Å². The number of aromatic hydroxyl groups is 1. The number of carbonyl (C=O) groups excluding carboxylic acids is 1. The van der Waals surface area contributed by atoms with Crippen molar-refractivity contribution < 1.29 is 92.3 Å². The average molecular weight is 615 g/mol. The van der Waals surface area contributed by atoms with Crippen LogP contribution in [0.5, 0.6) is 11.5 Å². The topological polar surface area (TPSA) is 220 Å². The first kappa shape index (κ1) is 30.8. The Bertz CT molecular complexity index is 1070. The number of hydrogen-bond donors (Lipinski definition) is 8. The Balaban J connectivity index is 0.00000400. The number of aliphatic hydroxyl groups is 5. The predicted molar refractivity (Wildman–Crippen MR) is 123 cm³/mol. The van der Waals surface area contributed by atoms with Crippen LogP contribution in [0.25, 0.3) is 6.08 Å². The SMILES string of the molecule is C/C(=N/O)[C@H]1O[C@@H](Oc2ccc(/C=C(\C)C(=O)N[C@@H]3[C@H](O)[C@@H](O)[C@H]4OCO[C@H]4[C@@H]3O)cc2O)[C@@H](O)[C@@H]1O.[Y]. The van der Waals surface area contributed by atoms with Gasteiger partial charge in [-0.3, -0.25) is 4.79 Å². The molecule has 2 aliphatic heterocycles. The minimum absolute atomic E-state index is 0. The molecule has 15 heteroatoms. The van der Waals surface area contributed by atoms with Gasteiger partial charge in [-0.1, -0.05) is 11.2 Å². The maximum atomic E-state index is 12.7. The van der Waals surface area contributed by atoms with E-state index in [1.807, 2.05) is 0 Å². The van der Waals surface area contributed by atoms with Gasteiger partial charge in [-0.25, -0.2) is 0 Å². The number of phenols is 1. The second kappa shape index (κ2) is 12.6. The third-order valence-electron chi connectivity index (χ3n) is 6.66. The van der Waals surface area contributed by atoms with E-state index in [2.05, 4.69) is 10.5 Å². The fourth-order valence-corrected chi connectivity index (χ4v) is 4.53. The third kappa shape index (κ3) is 6.04. The van der Waals surface area contributed by atoms with Crippen molar-refractivity contribution in [3.63, 3.8) is 0 Å². The predicted octanol–water partition coefficient (Wildman–Crippen LogP) is -2.21. The summed E-state index contributed by atoms with van der Waals surface area (Å²) in [6.07, 6.45) is -9.91. The molecule has 1 amide bonds. The number of fused-ring (bicyclic) bond motifs is 1. The number of nitrogens with one attached hydrogen (secondary N) is 1. The zero-order chi connectivity index (χ0) is 27.0. The van der Waals surface area contributed by atoms with Gasteiger partial charge in [-0.05, 0) is 37.6 Å². The molecule has 4 rings (SSSR count). The van der Waals surface area contributed by atoms with Gasteiger partial charge >= 0.3 is 0 Å². The maximum absolute atomic E-state index is 12.7. The summed E-state index contributed by atoms with van der Waals surface area (Å²) >= 11 is 0. The van der Waals surface area contributed by atoms with Crippen molar-refractivity contribution in [2.45, 2.75) is 75.0 Å². The van der Waals surface area contributed by atoms with Crippen LogP contribution < -0.4 is 10.1 Å². The molecule has 0 bridgehead atoms. The molecule has 0 spiro atoms. The normalized spacial score (nSPS) is 37.3. The number of phenolic OH excluding ortho intramolecular Hbond substituents is 1. The van der Waals surface area contributed by atoms with E-state index in [0.29, 0.717) is 5.56 Å². The van der Waals surface area contributed by atoms with Crippen LogP contribution in [0.1, 0.15) is 19.4 Å². The summed E-state index contributed by atoms with van der Waals surface area (Å²) in [7, 11) is 0. The molecule has 8 N–H and O–H groups in total. The van der Waals surface area contributed by atoms with Gasteiger partial charge in [0.2, 0.25) is 12.2 Å². The summed E-state index contributed by atoms with van der Waals surface area (Å²) in [5, 5.41) is 76.1. The maximum Gasteiger partial charge on any atom is 0.247 e. The standard InChI is InChI=1S/C23H30N2O12.Y/c1-8(22(32)24-13-14(27)16(29)21-20(15(13)28)34-7-35-21)5-10-3-4-12(11(26)6-10)36-23-18(31)17(30)19(37-23)9(2)25-33;/h3-6,13-21,23,26-31,33H,7H2,1-2H3,(H,24,32);/b8-5+,25-9-;/t13-,14+,15-,16-,17+,18+,19-,20+,21-,23-;/m1./s1. The van der Waals surface area contributed by atoms with E-state index in [1.54, 1.807) is 0 Å². The molecule has 1 aliphatic carbocycles. The number of carbonyl (C=O) groups is 1. The minimum atomic E-state index is -1.49. The Morgan fingerprint density at radius 3 is 2.32 bits per heavy atom. The summed E-state index contributed by atoms with van der Waals surface area (Å²) in [4.78, 5) is 12.7. The molecule has 1 radical (unpaired) electrons. The monoisotopic (exact) mass is 615 g/mol. The average Bonchev–Trinajstić information content (AvgIpc) is 3.47. The summed E-state index contributed by atoms with van der Waals surface area (Å²) < 4.78 is 21.3. The van der Waals surface area contributed by atoms with Crippen LogP contribution in [0.3, 0.4) is 0 Å². The molecule has 3 fully saturated rings. The molecule has 1 aromatic carbocycles. The van der Waals surface area contributed by atoms with E-state index in [4.69, 9.17) is 24.2 Å². The molecule has 3 aliphatic rings. The van der Waals surface area contributed by atoms with Crippen molar-refractivity contribution in [3.8, 4) is 11.5 Å². The zero-order valence-electron chi connectivity index (χ0n) is 20.5. The van der Waals surface area contributed by atoms with Gasteiger partial charge in [0.05, 0.1) is 11.8 Å². The Kier molecular flexibility index (Phi) is 10.3. The van der Waals surface area contributed by atoms with Crippen LogP contribution in [-0.4, -0.2) is 115 Å². The second-order valence-electron chi connectivity index (χ2n) is 9.17. The summed E-state index contributed by atoms with van der Waals surface area (Å²) in [6.45, 7) is 2.72. The van der Waals surface area contributed by atoms with E-state index < -0.39 is 67.1 Å². The number of hydrogen-bond acceptors (Lipinski definition) is 13. The van der Waals surface area contributed by atoms with Gasteiger partial charge in [-0.2, -0.15) is 0 Å². The first-order chi connectivity index (χ1) is 17.5. The van der Waals surface area contributed by atoms with E-state index in [0.717, 1.165) is 0 Å². The van der Waals surface area contributed by atoms with Crippen molar-refractivity contribution in [3.05, 3.63) is 29.3 Å². The molecule has 207 valence electrons. The van der Waals surface area contributed by atoms with Crippen LogP contribution in [0.2, 0.25) is 0 Å². The number of aliphatic hydroxyl groups excluding tert-OH is 5. The van der Waals surface area contributed by atoms with Gasteiger partial charge in [-0.15, -0.1) is 0 Å². The molecule has 38 heavy (non-hydrogen) atoms. The number of oxime groups is 1. The Morgan fingerprint density at radius 1 is 1.03 bits per heavy atom. The number of amides is 1. The van der Waals surface area contributed by atoms with Crippen molar-refractivity contribution >= 4 is 17.7 Å². The van der Waals surface area contributed by atoms with Crippen LogP contribution in [0, 0.1) is 0 Å². The largest absolute Gasteiger partial charge is 0.504 e. The van der Waals surface area contributed by atoms with Crippen LogP contribution >= 0.6 is 0 Å². The molecule has 14 nitrogen and oxygen atoms in total. The quantitative estimate of drug-likeness (QED) is 0.0740. The molecule has 2 saturated heterocycles. The molecular weight excluding hydrogens is 585 g/mol. The number of ether oxygens (including phenoxy) is 4. The van der Waals surface area contributed by atoms with E-state index in [9.17, 15) is 35.4 Å². The first-order valence-corrected chi connectivity index (χ1v) is 11.5. The fraction of sp³-hybridized carbons (Fsp3) is 0.565. The molecule has 1 saturated carbocycles. The molecule has 10 atom stereocenters. The minimum Gasteiger partial charge on any atom is -0.504 e. The van der Waals surface area contributed by atoms with E-state index in [1.165, 1.54) is 38.1 Å². The summed E-state index contributed by atoms with van der Waals surface area (Å²) in [5.41, 5.74) is 0.582. The summed E-state index contributed by atoms with van der Waals surface area (Å²) in [6, 6.07) is 2.93. The molecular formula is C23H30N2O12Y. The molecule has 0 aromatic heterocycles. The molecule has 0 unspecified atom stereocenters. The smallest absolute Gasteiger partial charge is 0.247 e. The fourth-order valence-electron chi connectivity index (χ4n) is 4.53. The number of rotatable bonds is 6. The van der Waals surface area contributed by atoms with Gasteiger partial charge in [0.15, 0.2) is 11.5 Å². The molecule has 1 aromatic rings. The number of nitrogens with zero attached hydrogens (tertiary/aromatic N) is 1. The number of benzene rings is 1. The molecule has 2 heterocycles. The van der Waals surface area contributed by atoms with Gasteiger partial charge < -0.3 is 60.1 Å². The Hall–Kier alpha value is -1.72. The Labute approximate surface area is 242 Å². The third-order valence-corrected chi connectivity index (χ3v) is 6.66. The summed E-state index contributed by atoms with van der Waals surface area (Å²) in [5.74, 6) is -1.07. The van der Waals surface area contributed by atoms with Gasteiger partial charge in [0, 0.05) is 38.3 Å². The van der Waals surface area contributed by atoms with E-state index >= 15 is 0 Å². The van der Waals surface area contributed by atoms with Crippen LogP contribution in [-0.2, 0) is 51.7 Å². The van der Waals surface area contributed by atoms with Crippen LogP contribution in [0.15, 0.2) is 28.9 Å². The van der Waals surface area contributed by atoms with Crippen LogP contribution in [0.4, 0.5) is 0 Å². The van der Waals surface area contributed by atoms with Gasteiger partial charge in [0.1, 0.15) is 55.6 Å². The first-order valence-electron chi connectivity index (χ1n) is 11.5. The zero-order valence-corrected chi connectivity index (χ0v) is 23.3. The van der Waals surface area contributed by atoms with Crippen molar-refractivity contribution in [1.29, 1.82) is 0 Å². The van der Waals surface area contributed by atoms with Crippen molar-refractivity contribution in [2.24, 2.45) is 5.16 Å². The van der Waals surface area contributed by atoms with Gasteiger partial charge in [0.25, 0.3) is 0 Å². The second-order valence-corrected chi connectivity index (χ2v) is 9.17. The van der Waals surface area contributed by atoms with Crippen molar-refractivity contribution in [1.82, 2.24) is 5.32 Å². The Morgan fingerprint density at radius 2 is 1.68 bits per heavy atom.